The first-order valence-electron chi connectivity index (χ1n) is 7.80. The highest BCUT2D eigenvalue weighted by molar-refractivity contribution is 5.57. The van der Waals surface area contributed by atoms with E-state index in [1.54, 1.807) is 0 Å². The van der Waals surface area contributed by atoms with Crippen LogP contribution in [-0.4, -0.2) is 11.7 Å². The maximum atomic E-state index is 5.44. The zero-order chi connectivity index (χ0) is 15.2. The Labute approximate surface area is 127 Å². The van der Waals surface area contributed by atoms with E-state index in [9.17, 15) is 0 Å². The van der Waals surface area contributed by atoms with Crippen LogP contribution in [0.4, 0.5) is 0 Å². The predicted octanol–water partition coefficient (Wildman–Crippen LogP) is 4.29. The molecular weight excluding hydrogens is 260 g/mol. The molecule has 0 aliphatic carbocycles. The van der Waals surface area contributed by atoms with Crippen LogP contribution in [0.5, 0.6) is 0 Å². The first kappa shape index (κ1) is 15.8. The van der Waals surface area contributed by atoms with E-state index in [1.165, 1.54) is 5.56 Å². The molecule has 0 saturated heterocycles. The minimum absolute atomic E-state index is 0.643. The molecule has 0 unspecified atom stereocenters. The van der Waals surface area contributed by atoms with Crippen LogP contribution in [0.15, 0.2) is 34.9 Å². The molecule has 114 valence electrons. The number of rotatable bonds is 7. The Kier molecular flexibility index (Phi) is 5.57. The van der Waals surface area contributed by atoms with E-state index in [0.29, 0.717) is 11.8 Å². The van der Waals surface area contributed by atoms with Gasteiger partial charge in [0, 0.05) is 18.2 Å². The van der Waals surface area contributed by atoms with Crippen LogP contribution < -0.4 is 5.32 Å². The highest BCUT2D eigenvalue weighted by atomic mass is 16.5. The zero-order valence-corrected chi connectivity index (χ0v) is 13.5. The van der Waals surface area contributed by atoms with Crippen LogP contribution in [0.1, 0.15) is 39.0 Å². The number of nitrogens with zero attached hydrogens (tertiary/aromatic N) is 1. The van der Waals surface area contributed by atoms with Crippen LogP contribution >= 0.6 is 0 Å². The Morgan fingerprint density at radius 2 is 1.76 bits per heavy atom. The Morgan fingerprint density at radius 1 is 1.05 bits per heavy atom. The molecule has 0 aliphatic heterocycles. The molecule has 0 fully saturated rings. The second kappa shape index (κ2) is 7.41. The molecule has 0 bridgehead atoms. The summed E-state index contributed by atoms with van der Waals surface area (Å²) in [5, 5.41) is 7.50. The molecule has 3 nitrogen and oxygen atoms in total. The van der Waals surface area contributed by atoms with E-state index in [0.717, 1.165) is 36.5 Å². The summed E-state index contributed by atoms with van der Waals surface area (Å²) >= 11 is 0. The minimum Gasteiger partial charge on any atom is -0.356 e. The van der Waals surface area contributed by atoms with Gasteiger partial charge in [0.15, 0.2) is 5.76 Å². The molecule has 0 amide bonds. The summed E-state index contributed by atoms with van der Waals surface area (Å²) in [6.45, 7) is 10.6. The van der Waals surface area contributed by atoms with Gasteiger partial charge in [-0.05, 0) is 30.4 Å². The number of nitrogens with one attached hydrogen (secondary N) is 1. The van der Waals surface area contributed by atoms with Crippen molar-refractivity contribution in [2.24, 2.45) is 11.8 Å². The number of benzene rings is 1. The molecule has 0 atom stereocenters. The van der Waals surface area contributed by atoms with Crippen molar-refractivity contribution in [3.63, 3.8) is 0 Å². The average Bonchev–Trinajstić information content (AvgIpc) is 2.87. The maximum Gasteiger partial charge on any atom is 0.167 e. The first-order chi connectivity index (χ1) is 10.0. The lowest BCUT2D eigenvalue weighted by molar-refractivity contribution is 0.418. The van der Waals surface area contributed by atoms with Gasteiger partial charge in [-0.2, -0.15) is 0 Å². The van der Waals surface area contributed by atoms with E-state index in [2.05, 4.69) is 62.4 Å². The maximum absolute atomic E-state index is 5.44. The van der Waals surface area contributed by atoms with Crippen LogP contribution in [0, 0.1) is 11.8 Å². The Morgan fingerprint density at radius 3 is 2.38 bits per heavy atom. The highest BCUT2D eigenvalue weighted by Crippen LogP contribution is 2.21. The van der Waals surface area contributed by atoms with Crippen molar-refractivity contribution in [2.75, 3.05) is 6.54 Å². The molecule has 1 N–H and O–H groups in total. The van der Waals surface area contributed by atoms with E-state index < -0.39 is 0 Å². The lowest BCUT2D eigenvalue weighted by atomic mass is 10.0. The largest absolute Gasteiger partial charge is 0.356 e. The molecule has 0 spiro atoms. The molecule has 1 heterocycles. The van der Waals surface area contributed by atoms with E-state index in [4.69, 9.17) is 4.52 Å². The van der Waals surface area contributed by atoms with Crippen LogP contribution in [0.3, 0.4) is 0 Å². The summed E-state index contributed by atoms with van der Waals surface area (Å²) < 4.78 is 5.44. The normalized spacial score (nSPS) is 11.5. The van der Waals surface area contributed by atoms with Gasteiger partial charge in [-0.25, -0.2) is 0 Å². The Balaban J connectivity index is 1.97. The molecule has 1 aromatic heterocycles. The Hall–Kier alpha value is -1.61. The zero-order valence-electron chi connectivity index (χ0n) is 13.5. The van der Waals surface area contributed by atoms with Gasteiger partial charge >= 0.3 is 0 Å². The molecule has 21 heavy (non-hydrogen) atoms. The van der Waals surface area contributed by atoms with Gasteiger partial charge in [-0.15, -0.1) is 0 Å². The van der Waals surface area contributed by atoms with Crippen molar-refractivity contribution in [2.45, 2.75) is 40.7 Å². The first-order valence-corrected chi connectivity index (χ1v) is 7.80. The number of hydrogen-bond donors (Lipinski definition) is 1. The SMILES string of the molecule is CC(C)CNCc1cc(-c2ccc(CC(C)C)cc2)on1. The van der Waals surface area contributed by atoms with E-state index in [-0.39, 0.29) is 0 Å². The second-order valence-corrected chi connectivity index (χ2v) is 6.50. The lowest BCUT2D eigenvalue weighted by Crippen LogP contribution is -2.18. The van der Waals surface area contributed by atoms with Crippen LogP contribution in [-0.2, 0) is 13.0 Å². The molecular formula is C18H26N2O. The topological polar surface area (TPSA) is 38.1 Å². The van der Waals surface area contributed by atoms with Crippen molar-refractivity contribution in [3.05, 3.63) is 41.6 Å². The summed E-state index contributed by atoms with van der Waals surface area (Å²) in [4.78, 5) is 0. The summed E-state index contributed by atoms with van der Waals surface area (Å²) in [6, 6.07) is 10.6. The standard InChI is InChI=1S/C18H26N2O/c1-13(2)9-15-5-7-16(8-6-15)18-10-17(20-21-18)12-19-11-14(3)4/h5-8,10,13-14,19H,9,11-12H2,1-4H3. The summed E-state index contributed by atoms with van der Waals surface area (Å²) in [7, 11) is 0. The number of aromatic nitrogens is 1. The third-order valence-electron chi connectivity index (χ3n) is 3.30. The smallest absolute Gasteiger partial charge is 0.167 e. The fraction of sp³-hybridized carbons (Fsp3) is 0.500. The fourth-order valence-electron chi connectivity index (χ4n) is 2.30. The van der Waals surface area contributed by atoms with E-state index in [1.807, 2.05) is 6.07 Å². The van der Waals surface area contributed by atoms with Crippen molar-refractivity contribution < 1.29 is 4.52 Å². The highest BCUT2D eigenvalue weighted by Gasteiger charge is 2.07. The van der Waals surface area contributed by atoms with Crippen molar-refractivity contribution in [1.29, 1.82) is 0 Å². The molecule has 3 heteroatoms. The van der Waals surface area contributed by atoms with Gasteiger partial charge in [0.1, 0.15) is 0 Å². The van der Waals surface area contributed by atoms with Crippen LogP contribution in [0.2, 0.25) is 0 Å². The van der Waals surface area contributed by atoms with Crippen LogP contribution in [0.25, 0.3) is 11.3 Å². The third-order valence-corrected chi connectivity index (χ3v) is 3.30. The van der Waals surface area contributed by atoms with Crippen molar-refractivity contribution >= 4 is 0 Å². The predicted molar refractivity (Wildman–Crippen MR) is 87.0 cm³/mol. The van der Waals surface area contributed by atoms with Crippen molar-refractivity contribution in [1.82, 2.24) is 10.5 Å². The monoisotopic (exact) mass is 286 g/mol. The van der Waals surface area contributed by atoms with Gasteiger partial charge in [0.25, 0.3) is 0 Å². The van der Waals surface area contributed by atoms with E-state index >= 15 is 0 Å². The number of hydrogen-bond acceptors (Lipinski definition) is 3. The third kappa shape index (κ3) is 5.01. The molecule has 0 aliphatic rings. The summed E-state index contributed by atoms with van der Waals surface area (Å²) in [5.74, 6) is 2.16. The second-order valence-electron chi connectivity index (χ2n) is 6.50. The minimum atomic E-state index is 0.643. The van der Waals surface area contributed by atoms with Gasteiger partial charge in [0.05, 0.1) is 5.69 Å². The van der Waals surface area contributed by atoms with Crippen molar-refractivity contribution in [3.8, 4) is 11.3 Å². The average molecular weight is 286 g/mol. The van der Waals surface area contributed by atoms with Gasteiger partial charge in [-0.3, -0.25) is 0 Å². The molecule has 2 rings (SSSR count). The summed E-state index contributed by atoms with van der Waals surface area (Å²) in [5.41, 5.74) is 3.41. The quantitative estimate of drug-likeness (QED) is 0.825. The Bertz CT molecular complexity index is 541. The molecule has 0 saturated carbocycles. The lowest BCUT2D eigenvalue weighted by Gasteiger charge is -2.05. The fourth-order valence-corrected chi connectivity index (χ4v) is 2.30. The molecule has 1 aromatic carbocycles. The van der Waals surface area contributed by atoms with Gasteiger partial charge in [-0.1, -0.05) is 57.1 Å². The molecule has 0 radical (unpaired) electrons. The van der Waals surface area contributed by atoms with Gasteiger partial charge in [0.2, 0.25) is 0 Å². The van der Waals surface area contributed by atoms with Gasteiger partial charge < -0.3 is 9.84 Å². The summed E-state index contributed by atoms with van der Waals surface area (Å²) in [6.07, 6.45) is 1.11. The molecule has 2 aromatic rings.